The Kier molecular flexibility index (Phi) is 6.78. The number of carbonyl (C=O) groups excluding carboxylic acids is 2. The Morgan fingerprint density at radius 2 is 1.48 bits per heavy atom. The Morgan fingerprint density at radius 3 is 2.06 bits per heavy atom. The first-order chi connectivity index (χ1) is 15.2. The van der Waals surface area contributed by atoms with E-state index in [1.54, 1.807) is 17.1 Å². The summed E-state index contributed by atoms with van der Waals surface area (Å²) in [5, 5.41) is 1.57. The molecule has 2 aromatic carbocycles. The maximum atomic E-state index is 13.5. The largest absolute Gasteiger partial charge is 0.458 e. The molecule has 0 aliphatic carbocycles. The number of nitrogens with zero attached hydrogens (tertiary/aromatic N) is 1. The Hall–Kier alpha value is -2.64. The fourth-order valence-electron chi connectivity index (χ4n) is 3.51. The van der Waals surface area contributed by atoms with Crippen molar-refractivity contribution < 1.29 is 18.8 Å². The molecule has 2 aromatic rings. The summed E-state index contributed by atoms with van der Waals surface area (Å²) in [6.07, 6.45) is -0.562. The molecule has 6 nitrogen and oxygen atoms in total. The van der Waals surface area contributed by atoms with Gasteiger partial charge in [0.15, 0.2) is 14.4 Å². The smallest absolute Gasteiger partial charge is 0.334 e. The van der Waals surface area contributed by atoms with Gasteiger partial charge in [-0.05, 0) is 57.1 Å². The Balaban J connectivity index is 2.06. The fourth-order valence-corrected chi connectivity index (χ4v) is 4.75. The number of benzene rings is 2. The lowest BCUT2D eigenvalue weighted by atomic mass is 10.1. The van der Waals surface area contributed by atoms with Crippen LogP contribution in [0.1, 0.15) is 63.6 Å². The molecule has 0 aromatic heterocycles. The Labute approximate surface area is 198 Å². The van der Waals surface area contributed by atoms with Crippen molar-refractivity contribution in [2.24, 2.45) is 0 Å². The molecule has 1 heterocycles. The molecule has 0 saturated carbocycles. The number of carbonyl (C=O) groups is 2. The molecule has 1 amide bonds. The first-order valence-corrected chi connectivity index (χ1v) is 14.3. The highest BCUT2D eigenvalue weighted by Gasteiger charge is 2.50. The second kappa shape index (κ2) is 8.95. The van der Waals surface area contributed by atoms with Gasteiger partial charge in [0.05, 0.1) is 5.69 Å². The summed E-state index contributed by atoms with van der Waals surface area (Å²) in [6, 6.07) is 15.8. The van der Waals surface area contributed by atoms with Gasteiger partial charge in [0, 0.05) is 11.1 Å². The van der Waals surface area contributed by atoms with Crippen molar-refractivity contribution in [2.45, 2.75) is 77.4 Å². The molecular formula is C26H36N2O4Si. The SMILES string of the molecule is CC(C)(C)OC(=O)[C@@H]1[C@@H](O[Si](C)(C)C(C)(C)C)c2ccccc2N1NC(=O)c1ccccc1. The van der Waals surface area contributed by atoms with Crippen LogP contribution < -0.4 is 10.4 Å². The topological polar surface area (TPSA) is 67.9 Å². The van der Waals surface area contributed by atoms with Crippen LogP contribution in [0.15, 0.2) is 54.6 Å². The Morgan fingerprint density at radius 1 is 0.909 bits per heavy atom. The normalized spacial score (nSPS) is 18.6. The second-order valence-electron chi connectivity index (χ2n) is 11.0. The number of esters is 1. The van der Waals surface area contributed by atoms with Gasteiger partial charge in [-0.15, -0.1) is 0 Å². The minimum absolute atomic E-state index is 0.0544. The first kappa shape index (κ1) is 25.0. The van der Waals surface area contributed by atoms with Gasteiger partial charge in [-0.1, -0.05) is 57.2 Å². The van der Waals surface area contributed by atoms with E-state index in [-0.39, 0.29) is 10.9 Å². The summed E-state index contributed by atoms with van der Waals surface area (Å²) in [4.78, 5) is 26.6. The average Bonchev–Trinajstić information content (AvgIpc) is 2.99. The predicted molar refractivity (Wildman–Crippen MR) is 133 cm³/mol. The molecule has 3 rings (SSSR count). The summed E-state index contributed by atoms with van der Waals surface area (Å²) in [7, 11) is -2.27. The molecule has 0 unspecified atom stereocenters. The van der Waals surface area contributed by atoms with E-state index in [1.165, 1.54) is 0 Å². The molecule has 178 valence electrons. The number of hydrogen-bond donors (Lipinski definition) is 1. The highest BCUT2D eigenvalue weighted by atomic mass is 28.4. The van der Waals surface area contributed by atoms with Crippen LogP contribution in [0.5, 0.6) is 0 Å². The standard InChI is InChI=1S/C26H36N2O4Si/c1-25(2,3)31-24(30)21-22(32-33(7,8)26(4,5)6)19-16-12-13-17-20(19)28(21)27-23(29)18-14-10-9-11-15-18/h9-17,21-22H,1-8H3,(H,27,29)/t21-,22-/m0/s1. The molecule has 33 heavy (non-hydrogen) atoms. The maximum absolute atomic E-state index is 13.5. The summed E-state index contributed by atoms with van der Waals surface area (Å²) in [6.45, 7) is 16.3. The molecule has 2 atom stereocenters. The number of nitrogens with one attached hydrogen (secondary N) is 1. The van der Waals surface area contributed by atoms with Gasteiger partial charge in [-0.2, -0.15) is 0 Å². The summed E-state index contributed by atoms with van der Waals surface area (Å²) >= 11 is 0. The van der Waals surface area contributed by atoms with Crippen molar-refractivity contribution in [3.8, 4) is 0 Å². The van der Waals surface area contributed by atoms with Crippen LogP contribution in [-0.2, 0) is 14.0 Å². The van der Waals surface area contributed by atoms with Gasteiger partial charge < -0.3 is 9.16 Å². The van der Waals surface area contributed by atoms with Gasteiger partial charge in [0.1, 0.15) is 11.7 Å². The lowest BCUT2D eigenvalue weighted by Crippen LogP contribution is -2.54. The van der Waals surface area contributed by atoms with E-state index < -0.39 is 32.0 Å². The number of fused-ring (bicyclic) bond motifs is 1. The maximum Gasteiger partial charge on any atom is 0.334 e. The lowest BCUT2D eigenvalue weighted by Gasteiger charge is -2.40. The molecule has 0 saturated heterocycles. The fraction of sp³-hybridized carbons (Fsp3) is 0.462. The highest BCUT2D eigenvalue weighted by Crippen LogP contribution is 2.47. The summed E-state index contributed by atoms with van der Waals surface area (Å²) in [5.41, 5.74) is 4.38. The van der Waals surface area contributed by atoms with Crippen molar-refractivity contribution in [1.82, 2.24) is 5.43 Å². The molecular weight excluding hydrogens is 432 g/mol. The van der Waals surface area contributed by atoms with Gasteiger partial charge in [0.25, 0.3) is 5.91 Å². The van der Waals surface area contributed by atoms with Crippen LogP contribution in [-0.4, -0.2) is 31.8 Å². The molecule has 0 bridgehead atoms. The van der Waals surface area contributed by atoms with E-state index >= 15 is 0 Å². The van der Waals surface area contributed by atoms with Crippen LogP contribution in [0.4, 0.5) is 5.69 Å². The third-order valence-corrected chi connectivity index (χ3v) is 10.7. The highest BCUT2D eigenvalue weighted by molar-refractivity contribution is 6.74. The zero-order valence-corrected chi connectivity index (χ0v) is 21.9. The van der Waals surface area contributed by atoms with E-state index in [4.69, 9.17) is 9.16 Å². The summed E-state index contributed by atoms with van der Waals surface area (Å²) in [5.74, 6) is -0.734. The molecule has 0 fully saturated rings. The van der Waals surface area contributed by atoms with E-state index in [0.717, 1.165) is 11.3 Å². The monoisotopic (exact) mass is 468 g/mol. The molecule has 0 spiro atoms. The van der Waals surface area contributed by atoms with Crippen LogP contribution in [0.25, 0.3) is 0 Å². The van der Waals surface area contributed by atoms with Crippen molar-refractivity contribution in [3.63, 3.8) is 0 Å². The minimum atomic E-state index is -2.27. The van der Waals surface area contributed by atoms with Crippen LogP contribution >= 0.6 is 0 Å². The molecule has 1 N–H and O–H groups in total. The van der Waals surface area contributed by atoms with Crippen LogP contribution in [0.3, 0.4) is 0 Å². The van der Waals surface area contributed by atoms with E-state index in [0.29, 0.717) is 5.56 Å². The van der Waals surface area contributed by atoms with Gasteiger partial charge in [-0.25, -0.2) is 4.79 Å². The van der Waals surface area contributed by atoms with Gasteiger partial charge >= 0.3 is 5.97 Å². The number of amides is 1. The summed E-state index contributed by atoms with van der Waals surface area (Å²) < 4.78 is 12.6. The number of hydrazine groups is 1. The van der Waals surface area contributed by atoms with Crippen LogP contribution in [0.2, 0.25) is 18.1 Å². The number of hydrogen-bond acceptors (Lipinski definition) is 5. The van der Waals surface area contributed by atoms with Crippen molar-refractivity contribution >= 4 is 25.9 Å². The number of ether oxygens (including phenoxy) is 1. The number of para-hydroxylation sites is 1. The van der Waals surface area contributed by atoms with E-state index in [9.17, 15) is 9.59 Å². The third kappa shape index (κ3) is 5.47. The lowest BCUT2D eigenvalue weighted by molar-refractivity contribution is -0.159. The van der Waals surface area contributed by atoms with Crippen LogP contribution in [0, 0.1) is 0 Å². The zero-order chi connectivity index (χ0) is 24.6. The average molecular weight is 469 g/mol. The minimum Gasteiger partial charge on any atom is -0.458 e. The van der Waals surface area contributed by atoms with Crippen molar-refractivity contribution in [2.75, 3.05) is 5.01 Å². The van der Waals surface area contributed by atoms with E-state index in [2.05, 4.69) is 39.3 Å². The Bertz CT molecular complexity index is 1010. The third-order valence-electron chi connectivity index (χ3n) is 6.20. The van der Waals surface area contributed by atoms with Crippen molar-refractivity contribution in [3.05, 3.63) is 65.7 Å². The molecule has 1 aliphatic heterocycles. The zero-order valence-electron chi connectivity index (χ0n) is 20.9. The second-order valence-corrected chi connectivity index (χ2v) is 15.8. The van der Waals surface area contributed by atoms with Gasteiger partial charge in [0.2, 0.25) is 0 Å². The quantitative estimate of drug-likeness (QED) is 0.455. The van der Waals surface area contributed by atoms with Crippen molar-refractivity contribution in [1.29, 1.82) is 0 Å². The molecule has 0 radical (unpaired) electrons. The predicted octanol–water partition coefficient (Wildman–Crippen LogP) is 5.62. The number of rotatable bonds is 5. The van der Waals surface area contributed by atoms with Gasteiger partial charge in [-0.3, -0.25) is 15.2 Å². The molecule has 1 aliphatic rings. The van der Waals surface area contributed by atoms with E-state index in [1.807, 2.05) is 63.2 Å². The molecule has 7 heteroatoms. The number of anilines is 1. The first-order valence-electron chi connectivity index (χ1n) is 11.4.